The van der Waals surface area contributed by atoms with Gasteiger partial charge in [0.15, 0.2) is 0 Å². The van der Waals surface area contributed by atoms with Crippen molar-refractivity contribution in [2.75, 3.05) is 19.0 Å². The highest BCUT2D eigenvalue weighted by Gasteiger charge is 2.31. The SMILES string of the molecule is COc1ccc([C@H]2CCCN2C(=O)c2ccnc(NC3CC3)c2)cc1. The number of carbonyl (C=O) groups is 1. The number of carbonyl (C=O) groups excluding carboxylic acids is 1. The molecule has 5 nitrogen and oxygen atoms in total. The summed E-state index contributed by atoms with van der Waals surface area (Å²) in [5.74, 6) is 1.72. The molecule has 2 aromatic rings. The molecule has 1 aromatic heterocycles. The van der Waals surface area contributed by atoms with Gasteiger partial charge < -0.3 is 15.0 Å². The van der Waals surface area contributed by atoms with Gasteiger partial charge in [-0.05, 0) is 55.5 Å². The molecule has 1 saturated heterocycles. The first-order valence-electron chi connectivity index (χ1n) is 8.92. The van der Waals surface area contributed by atoms with Crippen molar-refractivity contribution in [3.8, 4) is 5.75 Å². The Morgan fingerprint density at radius 1 is 1.20 bits per heavy atom. The second kappa shape index (κ2) is 6.75. The Morgan fingerprint density at radius 3 is 2.72 bits per heavy atom. The molecule has 130 valence electrons. The summed E-state index contributed by atoms with van der Waals surface area (Å²) in [6, 6.07) is 12.4. The fourth-order valence-corrected chi connectivity index (χ4v) is 3.43. The summed E-state index contributed by atoms with van der Waals surface area (Å²) in [6.07, 6.45) is 6.12. The van der Waals surface area contributed by atoms with E-state index in [0.29, 0.717) is 11.6 Å². The molecule has 1 atom stereocenters. The third kappa shape index (κ3) is 3.45. The van der Waals surface area contributed by atoms with Crippen molar-refractivity contribution in [3.63, 3.8) is 0 Å². The number of anilines is 1. The summed E-state index contributed by atoms with van der Waals surface area (Å²) < 4.78 is 5.23. The number of pyridine rings is 1. The Balaban J connectivity index is 1.53. The molecule has 1 N–H and O–H groups in total. The van der Waals surface area contributed by atoms with Crippen molar-refractivity contribution >= 4 is 11.7 Å². The summed E-state index contributed by atoms with van der Waals surface area (Å²) in [6.45, 7) is 0.795. The highest BCUT2D eigenvalue weighted by molar-refractivity contribution is 5.95. The van der Waals surface area contributed by atoms with Crippen LogP contribution in [0.25, 0.3) is 0 Å². The molecule has 1 aliphatic carbocycles. The Hall–Kier alpha value is -2.56. The van der Waals surface area contributed by atoms with Crippen molar-refractivity contribution in [3.05, 3.63) is 53.7 Å². The zero-order valence-electron chi connectivity index (χ0n) is 14.4. The lowest BCUT2D eigenvalue weighted by Crippen LogP contribution is -2.30. The number of hydrogen-bond donors (Lipinski definition) is 1. The molecule has 2 heterocycles. The second-order valence-electron chi connectivity index (χ2n) is 6.78. The van der Waals surface area contributed by atoms with Gasteiger partial charge in [0.2, 0.25) is 0 Å². The average Bonchev–Trinajstić information content (AvgIpc) is 3.33. The summed E-state index contributed by atoms with van der Waals surface area (Å²) in [4.78, 5) is 19.4. The molecule has 0 spiro atoms. The van der Waals surface area contributed by atoms with Crippen LogP contribution >= 0.6 is 0 Å². The molecule has 0 bridgehead atoms. The van der Waals surface area contributed by atoms with Gasteiger partial charge in [-0.3, -0.25) is 4.79 Å². The van der Waals surface area contributed by atoms with Gasteiger partial charge in [-0.25, -0.2) is 4.98 Å². The van der Waals surface area contributed by atoms with E-state index >= 15 is 0 Å². The molecule has 1 saturated carbocycles. The zero-order chi connectivity index (χ0) is 17.2. The van der Waals surface area contributed by atoms with Gasteiger partial charge in [0.25, 0.3) is 5.91 Å². The maximum Gasteiger partial charge on any atom is 0.254 e. The number of ether oxygens (including phenoxy) is 1. The highest BCUT2D eigenvalue weighted by atomic mass is 16.5. The van der Waals surface area contributed by atoms with Crippen LogP contribution < -0.4 is 10.1 Å². The van der Waals surface area contributed by atoms with E-state index in [1.165, 1.54) is 12.8 Å². The van der Waals surface area contributed by atoms with Crippen LogP contribution in [0, 0.1) is 0 Å². The molecule has 0 radical (unpaired) electrons. The maximum atomic E-state index is 13.1. The fourth-order valence-electron chi connectivity index (χ4n) is 3.43. The number of rotatable bonds is 5. The summed E-state index contributed by atoms with van der Waals surface area (Å²) >= 11 is 0. The van der Waals surface area contributed by atoms with Crippen molar-refractivity contribution in [2.45, 2.75) is 37.8 Å². The zero-order valence-corrected chi connectivity index (χ0v) is 14.4. The number of nitrogens with zero attached hydrogens (tertiary/aromatic N) is 2. The van der Waals surface area contributed by atoms with Crippen LogP contribution in [-0.4, -0.2) is 35.5 Å². The highest BCUT2D eigenvalue weighted by Crippen LogP contribution is 2.34. The molecule has 5 heteroatoms. The number of hydrogen-bond acceptors (Lipinski definition) is 4. The van der Waals surface area contributed by atoms with Gasteiger partial charge >= 0.3 is 0 Å². The minimum atomic E-state index is 0.0829. The number of nitrogens with one attached hydrogen (secondary N) is 1. The molecule has 2 aliphatic rings. The van der Waals surface area contributed by atoms with Crippen LogP contribution in [0.1, 0.15) is 47.6 Å². The van der Waals surface area contributed by atoms with Crippen LogP contribution in [0.2, 0.25) is 0 Å². The molecule has 25 heavy (non-hydrogen) atoms. The Labute approximate surface area is 148 Å². The average molecular weight is 337 g/mol. The predicted octanol–water partition coefficient (Wildman–Crippen LogP) is 3.64. The number of likely N-dealkylation sites (tertiary alicyclic amines) is 1. The van der Waals surface area contributed by atoms with E-state index in [9.17, 15) is 4.79 Å². The molecule has 1 aromatic carbocycles. The molecular formula is C20H23N3O2. The maximum absolute atomic E-state index is 13.1. The van der Waals surface area contributed by atoms with Crippen molar-refractivity contribution < 1.29 is 9.53 Å². The Morgan fingerprint density at radius 2 is 2.00 bits per heavy atom. The number of benzene rings is 1. The van der Waals surface area contributed by atoms with E-state index < -0.39 is 0 Å². The first-order chi connectivity index (χ1) is 12.2. The first kappa shape index (κ1) is 15.9. The van der Waals surface area contributed by atoms with E-state index in [0.717, 1.165) is 36.5 Å². The van der Waals surface area contributed by atoms with Gasteiger partial charge in [-0.15, -0.1) is 0 Å². The summed E-state index contributed by atoms with van der Waals surface area (Å²) in [7, 11) is 1.66. The standard InChI is InChI=1S/C20H23N3O2/c1-25-17-8-4-14(5-9-17)18-3-2-12-23(18)20(24)15-10-11-21-19(13-15)22-16-6-7-16/h4-5,8-11,13,16,18H,2-3,6-7,12H2,1H3,(H,21,22)/t18-/m1/s1. The fraction of sp³-hybridized carbons (Fsp3) is 0.400. The third-order valence-electron chi connectivity index (χ3n) is 4.95. The molecule has 1 amide bonds. The lowest BCUT2D eigenvalue weighted by molar-refractivity contribution is 0.0735. The van der Waals surface area contributed by atoms with Crippen LogP contribution in [0.15, 0.2) is 42.6 Å². The van der Waals surface area contributed by atoms with Crippen molar-refractivity contribution in [1.29, 1.82) is 0 Å². The van der Waals surface area contributed by atoms with Crippen LogP contribution in [0.5, 0.6) is 5.75 Å². The molecule has 1 aliphatic heterocycles. The lowest BCUT2D eigenvalue weighted by Gasteiger charge is -2.25. The quantitative estimate of drug-likeness (QED) is 0.905. The number of amides is 1. The molecule has 0 unspecified atom stereocenters. The van der Waals surface area contributed by atoms with E-state index in [4.69, 9.17) is 4.74 Å². The van der Waals surface area contributed by atoms with Crippen molar-refractivity contribution in [2.24, 2.45) is 0 Å². The van der Waals surface area contributed by atoms with Crippen LogP contribution in [0.3, 0.4) is 0 Å². The van der Waals surface area contributed by atoms with E-state index in [1.54, 1.807) is 13.3 Å². The van der Waals surface area contributed by atoms with Gasteiger partial charge in [0, 0.05) is 24.3 Å². The molecule has 4 rings (SSSR count). The molecule has 2 fully saturated rings. The van der Waals surface area contributed by atoms with Crippen molar-refractivity contribution in [1.82, 2.24) is 9.88 Å². The number of aromatic nitrogens is 1. The third-order valence-corrected chi connectivity index (χ3v) is 4.95. The largest absolute Gasteiger partial charge is 0.497 e. The van der Waals surface area contributed by atoms with E-state index in [-0.39, 0.29) is 11.9 Å². The summed E-state index contributed by atoms with van der Waals surface area (Å²) in [5, 5.41) is 3.36. The summed E-state index contributed by atoms with van der Waals surface area (Å²) in [5.41, 5.74) is 1.87. The van der Waals surface area contributed by atoms with Crippen LogP contribution in [-0.2, 0) is 0 Å². The second-order valence-corrected chi connectivity index (χ2v) is 6.78. The van der Waals surface area contributed by atoms with E-state index in [1.807, 2.05) is 29.2 Å². The Bertz CT molecular complexity index is 756. The lowest BCUT2D eigenvalue weighted by atomic mass is 10.0. The van der Waals surface area contributed by atoms with Gasteiger partial charge in [-0.2, -0.15) is 0 Å². The number of methoxy groups -OCH3 is 1. The minimum absolute atomic E-state index is 0.0829. The topological polar surface area (TPSA) is 54.5 Å². The predicted molar refractivity (Wildman–Crippen MR) is 96.9 cm³/mol. The smallest absolute Gasteiger partial charge is 0.254 e. The Kier molecular flexibility index (Phi) is 4.30. The monoisotopic (exact) mass is 337 g/mol. The van der Waals surface area contributed by atoms with Gasteiger partial charge in [-0.1, -0.05) is 12.1 Å². The normalized spacial score (nSPS) is 19.7. The van der Waals surface area contributed by atoms with Gasteiger partial charge in [0.05, 0.1) is 13.2 Å². The first-order valence-corrected chi connectivity index (χ1v) is 8.92. The van der Waals surface area contributed by atoms with Crippen LogP contribution in [0.4, 0.5) is 5.82 Å². The minimum Gasteiger partial charge on any atom is -0.497 e. The molecular weight excluding hydrogens is 314 g/mol. The van der Waals surface area contributed by atoms with Gasteiger partial charge in [0.1, 0.15) is 11.6 Å². The van der Waals surface area contributed by atoms with E-state index in [2.05, 4.69) is 22.4 Å².